The van der Waals surface area contributed by atoms with E-state index in [-0.39, 0.29) is 0 Å². The topological polar surface area (TPSA) is 49.3 Å². The standard InChI is InChI=1S/C7H8BrNO2S/c1-9-6(7(10)11)4-2-3-5(8)12-4/h2-3,6,9H,1H3,(H,10,11)/t6-/m0/s1. The van der Waals surface area contributed by atoms with Crippen molar-refractivity contribution in [3.05, 3.63) is 20.8 Å². The SMILES string of the molecule is CN[C@H](C(=O)O)c1ccc(Br)s1. The van der Waals surface area contributed by atoms with E-state index in [4.69, 9.17) is 5.11 Å². The number of hydrogen-bond acceptors (Lipinski definition) is 3. The lowest BCUT2D eigenvalue weighted by atomic mass is 10.2. The Labute approximate surface area is 82.5 Å². The number of rotatable bonds is 3. The molecule has 0 aliphatic carbocycles. The third kappa shape index (κ3) is 2.06. The second-order valence-electron chi connectivity index (χ2n) is 2.20. The van der Waals surface area contributed by atoms with Gasteiger partial charge in [0.25, 0.3) is 0 Å². The van der Waals surface area contributed by atoms with Crippen LogP contribution in [0.3, 0.4) is 0 Å². The third-order valence-electron chi connectivity index (χ3n) is 1.41. The van der Waals surface area contributed by atoms with Gasteiger partial charge in [0.2, 0.25) is 0 Å². The quantitative estimate of drug-likeness (QED) is 0.860. The van der Waals surface area contributed by atoms with Crippen LogP contribution >= 0.6 is 27.3 Å². The van der Waals surface area contributed by atoms with Crippen molar-refractivity contribution in [3.8, 4) is 0 Å². The van der Waals surface area contributed by atoms with Gasteiger partial charge in [-0.25, -0.2) is 0 Å². The summed E-state index contributed by atoms with van der Waals surface area (Å²) in [4.78, 5) is 11.5. The van der Waals surface area contributed by atoms with E-state index < -0.39 is 12.0 Å². The van der Waals surface area contributed by atoms with Gasteiger partial charge < -0.3 is 10.4 Å². The summed E-state index contributed by atoms with van der Waals surface area (Å²) in [6.07, 6.45) is 0. The zero-order valence-electron chi connectivity index (χ0n) is 6.37. The van der Waals surface area contributed by atoms with E-state index in [1.807, 2.05) is 6.07 Å². The van der Waals surface area contributed by atoms with Crippen LogP contribution in [0.15, 0.2) is 15.9 Å². The van der Waals surface area contributed by atoms with Gasteiger partial charge in [-0.3, -0.25) is 4.79 Å². The molecule has 0 saturated heterocycles. The van der Waals surface area contributed by atoms with Crippen LogP contribution in [-0.2, 0) is 4.79 Å². The Balaban J connectivity index is 2.87. The molecule has 0 fully saturated rings. The van der Waals surface area contributed by atoms with Gasteiger partial charge in [-0.05, 0) is 35.1 Å². The number of aliphatic carboxylic acids is 1. The number of carboxylic acid groups (broad SMARTS) is 1. The summed E-state index contributed by atoms with van der Waals surface area (Å²) in [7, 11) is 1.63. The van der Waals surface area contributed by atoms with Crippen LogP contribution in [0.25, 0.3) is 0 Å². The first-order chi connectivity index (χ1) is 5.65. The lowest BCUT2D eigenvalue weighted by molar-refractivity contribution is -0.139. The normalized spacial score (nSPS) is 12.8. The monoisotopic (exact) mass is 249 g/mol. The average Bonchev–Trinajstić information content (AvgIpc) is 2.37. The van der Waals surface area contributed by atoms with Gasteiger partial charge >= 0.3 is 5.97 Å². The summed E-state index contributed by atoms with van der Waals surface area (Å²) in [6.45, 7) is 0. The van der Waals surface area contributed by atoms with E-state index in [1.54, 1.807) is 13.1 Å². The minimum atomic E-state index is -0.855. The van der Waals surface area contributed by atoms with E-state index in [0.29, 0.717) is 0 Å². The zero-order valence-corrected chi connectivity index (χ0v) is 8.78. The van der Waals surface area contributed by atoms with Crippen molar-refractivity contribution in [3.63, 3.8) is 0 Å². The highest BCUT2D eigenvalue weighted by Gasteiger charge is 2.18. The predicted octanol–water partition coefficient (Wildman–Crippen LogP) is 1.86. The number of nitrogens with one attached hydrogen (secondary N) is 1. The van der Waals surface area contributed by atoms with Gasteiger partial charge in [-0.1, -0.05) is 0 Å². The summed E-state index contributed by atoms with van der Waals surface area (Å²) in [6, 6.07) is 3.04. The molecule has 0 radical (unpaired) electrons. The molecule has 66 valence electrons. The van der Waals surface area contributed by atoms with Crippen molar-refractivity contribution in [2.75, 3.05) is 7.05 Å². The number of halogens is 1. The smallest absolute Gasteiger partial charge is 0.326 e. The lowest BCUT2D eigenvalue weighted by Gasteiger charge is -2.07. The summed E-state index contributed by atoms with van der Waals surface area (Å²) >= 11 is 4.70. The maximum absolute atomic E-state index is 10.7. The molecule has 12 heavy (non-hydrogen) atoms. The summed E-state index contributed by atoms with van der Waals surface area (Å²) < 4.78 is 0.944. The van der Waals surface area contributed by atoms with Crippen LogP contribution < -0.4 is 5.32 Å². The number of likely N-dealkylation sites (N-methyl/N-ethyl adjacent to an activating group) is 1. The first-order valence-electron chi connectivity index (χ1n) is 3.30. The highest BCUT2D eigenvalue weighted by atomic mass is 79.9. The molecule has 2 N–H and O–H groups in total. The molecule has 3 nitrogen and oxygen atoms in total. The Morgan fingerprint density at radius 2 is 2.42 bits per heavy atom. The fourth-order valence-electron chi connectivity index (χ4n) is 0.871. The molecule has 0 aliphatic heterocycles. The second kappa shape index (κ2) is 4.02. The van der Waals surface area contributed by atoms with Crippen molar-refractivity contribution in [2.24, 2.45) is 0 Å². The van der Waals surface area contributed by atoms with E-state index in [1.165, 1.54) is 11.3 Å². The molecule has 1 atom stereocenters. The lowest BCUT2D eigenvalue weighted by Crippen LogP contribution is -2.23. The van der Waals surface area contributed by atoms with E-state index in [0.717, 1.165) is 8.66 Å². The van der Waals surface area contributed by atoms with Gasteiger partial charge in [-0.2, -0.15) is 0 Å². The summed E-state index contributed by atoms with van der Waals surface area (Å²) in [5.74, 6) is -0.855. The second-order valence-corrected chi connectivity index (χ2v) is 4.70. The van der Waals surface area contributed by atoms with Crippen molar-refractivity contribution >= 4 is 33.2 Å². The predicted molar refractivity (Wildman–Crippen MR) is 51.5 cm³/mol. The van der Waals surface area contributed by atoms with Crippen LogP contribution in [0.1, 0.15) is 10.9 Å². The Hall–Kier alpha value is -0.390. The molecule has 1 rings (SSSR count). The molecular formula is C7H8BrNO2S. The Kier molecular flexibility index (Phi) is 3.25. The highest BCUT2D eigenvalue weighted by molar-refractivity contribution is 9.11. The van der Waals surface area contributed by atoms with Crippen LogP contribution in [0.2, 0.25) is 0 Å². The number of thiophene rings is 1. The van der Waals surface area contributed by atoms with Crippen molar-refractivity contribution in [2.45, 2.75) is 6.04 Å². The third-order valence-corrected chi connectivity index (χ3v) is 3.10. The molecule has 0 bridgehead atoms. The van der Waals surface area contributed by atoms with Crippen LogP contribution in [0, 0.1) is 0 Å². The first kappa shape index (κ1) is 9.70. The Morgan fingerprint density at radius 3 is 2.75 bits per heavy atom. The molecule has 0 unspecified atom stereocenters. The number of carbonyl (C=O) groups is 1. The minimum Gasteiger partial charge on any atom is -0.480 e. The van der Waals surface area contributed by atoms with Gasteiger partial charge in [0.1, 0.15) is 6.04 Å². The molecule has 5 heteroatoms. The molecule has 1 aromatic heterocycles. The van der Waals surface area contributed by atoms with Crippen molar-refractivity contribution < 1.29 is 9.90 Å². The molecule has 0 spiro atoms. The average molecular weight is 250 g/mol. The molecule has 1 aromatic rings. The summed E-state index contributed by atoms with van der Waals surface area (Å²) in [5.41, 5.74) is 0. The Morgan fingerprint density at radius 1 is 1.75 bits per heavy atom. The maximum atomic E-state index is 10.7. The molecule has 1 heterocycles. The molecule has 0 aliphatic rings. The van der Waals surface area contributed by atoms with Gasteiger partial charge in [-0.15, -0.1) is 11.3 Å². The molecule has 0 aromatic carbocycles. The molecular weight excluding hydrogens is 242 g/mol. The highest BCUT2D eigenvalue weighted by Crippen LogP contribution is 2.27. The molecule has 0 amide bonds. The van der Waals surface area contributed by atoms with E-state index in [2.05, 4.69) is 21.2 Å². The largest absolute Gasteiger partial charge is 0.480 e. The van der Waals surface area contributed by atoms with Crippen molar-refractivity contribution in [1.82, 2.24) is 5.32 Å². The van der Waals surface area contributed by atoms with Crippen LogP contribution in [-0.4, -0.2) is 18.1 Å². The van der Waals surface area contributed by atoms with Gasteiger partial charge in [0, 0.05) is 4.88 Å². The molecule has 0 saturated carbocycles. The number of carboxylic acids is 1. The summed E-state index contributed by atoms with van der Waals surface area (Å²) in [5, 5.41) is 11.5. The van der Waals surface area contributed by atoms with Crippen molar-refractivity contribution in [1.29, 1.82) is 0 Å². The van der Waals surface area contributed by atoms with E-state index in [9.17, 15) is 4.79 Å². The minimum absolute atomic E-state index is 0.596. The van der Waals surface area contributed by atoms with Crippen LogP contribution in [0.5, 0.6) is 0 Å². The fraction of sp³-hybridized carbons (Fsp3) is 0.286. The zero-order chi connectivity index (χ0) is 9.14. The number of hydrogen-bond donors (Lipinski definition) is 2. The maximum Gasteiger partial charge on any atom is 0.326 e. The van der Waals surface area contributed by atoms with E-state index >= 15 is 0 Å². The first-order valence-corrected chi connectivity index (χ1v) is 4.91. The van der Waals surface area contributed by atoms with Gasteiger partial charge in [0.15, 0.2) is 0 Å². The van der Waals surface area contributed by atoms with Crippen LogP contribution in [0.4, 0.5) is 0 Å². The fourth-order valence-corrected chi connectivity index (χ4v) is 2.40. The van der Waals surface area contributed by atoms with Gasteiger partial charge in [0.05, 0.1) is 3.79 Å². The Bertz CT molecular complexity index is 287.